The third-order valence-electron chi connectivity index (χ3n) is 10.4. The molecule has 4 aromatic heterocycles. The summed E-state index contributed by atoms with van der Waals surface area (Å²) in [6.07, 6.45) is 1.84. The molecule has 0 saturated heterocycles. The van der Waals surface area contributed by atoms with E-state index in [2.05, 4.69) is 120 Å². The summed E-state index contributed by atoms with van der Waals surface area (Å²) in [6.45, 7) is 0. The Morgan fingerprint density at radius 2 is 1.02 bits per heavy atom. The van der Waals surface area contributed by atoms with E-state index >= 15 is 0 Å². The lowest BCUT2D eigenvalue weighted by Gasteiger charge is -2.12. The van der Waals surface area contributed by atoms with Gasteiger partial charge >= 0.3 is 0 Å². The Morgan fingerprint density at radius 3 is 1.87 bits per heavy atom. The van der Waals surface area contributed by atoms with Crippen LogP contribution >= 0.6 is 0 Å². The van der Waals surface area contributed by atoms with E-state index < -0.39 is 0 Å². The molecule has 0 amide bonds. The molecule has 5 heteroatoms. The molecular formula is C49H29N3O2. The monoisotopic (exact) mass is 691 g/mol. The second-order valence-electron chi connectivity index (χ2n) is 13.5. The molecule has 11 aromatic rings. The van der Waals surface area contributed by atoms with Gasteiger partial charge in [-0.05, 0) is 53.1 Å². The SMILES string of the molecule is c1ccc(-c2cc(-c3ccc(-c4cccc5oc6ccccc6c45)c4c3oc3ccccc34)nc(-c3ccc(-c4cccc5cccnc45)cc3)n2)cc1. The standard InChI is InChI=1S/C49H29N3O2/c1-2-11-31(12-3-1)40-29-41(52-49(51-40)33-24-22-30(23-25-33)34-17-8-13-32-14-10-28-50-47(32)34)37-27-26-36(46-39-16-5-7-20-43(39)54-48(37)46)35-18-9-21-44-45(35)38-15-4-6-19-42(38)53-44/h1-29H. The van der Waals surface area contributed by atoms with Crippen molar-refractivity contribution >= 4 is 54.8 Å². The first-order valence-electron chi connectivity index (χ1n) is 18.0. The van der Waals surface area contributed by atoms with E-state index in [1.165, 1.54) is 0 Å². The average Bonchev–Trinajstić information content (AvgIpc) is 3.83. The molecule has 252 valence electrons. The summed E-state index contributed by atoms with van der Waals surface area (Å²) in [4.78, 5) is 15.1. The lowest BCUT2D eigenvalue weighted by molar-refractivity contribution is 0.668. The van der Waals surface area contributed by atoms with Crippen molar-refractivity contribution in [3.8, 4) is 56.2 Å². The van der Waals surface area contributed by atoms with Gasteiger partial charge < -0.3 is 8.83 Å². The Bertz CT molecular complexity index is 3210. The van der Waals surface area contributed by atoms with E-state index in [0.29, 0.717) is 5.82 Å². The van der Waals surface area contributed by atoms with Crippen LogP contribution in [0.2, 0.25) is 0 Å². The Hall–Kier alpha value is -7.37. The van der Waals surface area contributed by atoms with E-state index in [9.17, 15) is 0 Å². The van der Waals surface area contributed by atoms with Crippen molar-refractivity contribution in [2.45, 2.75) is 0 Å². The third-order valence-corrected chi connectivity index (χ3v) is 10.4. The Labute approximate surface area is 309 Å². The van der Waals surface area contributed by atoms with Crippen molar-refractivity contribution in [3.05, 3.63) is 176 Å². The number of hydrogen-bond donors (Lipinski definition) is 0. The highest BCUT2D eigenvalue weighted by Crippen LogP contribution is 2.45. The van der Waals surface area contributed by atoms with E-state index in [1.807, 2.05) is 60.8 Å². The van der Waals surface area contributed by atoms with Gasteiger partial charge in [0.15, 0.2) is 5.82 Å². The van der Waals surface area contributed by atoms with Crippen LogP contribution in [0.25, 0.3) is 111 Å². The molecule has 0 bridgehead atoms. The quantitative estimate of drug-likeness (QED) is 0.180. The highest BCUT2D eigenvalue weighted by Gasteiger charge is 2.22. The molecule has 0 N–H and O–H groups in total. The molecule has 5 nitrogen and oxygen atoms in total. The molecule has 0 aliphatic rings. The molecular weight excluding hydrogens is 663 g/mol. The van der Waals surface area contributed by atoms with Crippen LogP contribution in [0.5, 0.6) is 0 Å². The minimum absolute atomic E-state index is 0.636. The maximum atomic E-state index is 6.78. The molecule has 0 atom stereocenters. The van der Waals surface area contributed by atoms with Gasteiger partial charge in [-0.15, -0.1) is 0 Å². The van der Waals surface area contributed by atoms with Crippen LogP contribution in [0.1, 0.15) is 0 Å². The summed E-state index contributed by atoms with van der Waals surface area (Å²) in [5, 5.41) is 5.37. The summed E-state index contributed by atoms with van der Waals surface area (Å²) in [6, 6.07) is 58.2. The molecule has 0 aliphatic heterocycles. The van der Waals surface area contributed by atoms with Gasteiger partial charge in [0.1, 0.15) is 22.3 Å². The summed E-state index contributed by atoms with van der Waals surface area (Å²) >= 11 is 0. The number of benzene rings is 7. The second kappa shape index (κ2) is 12.1. The van der Waals surface area contributed by atoms with Gasteiger partial charge in [0.05, 0.1) is 16.9 Å². The molecule has 0 saturated carbocycles. The maximum absolute atomic E-state index is 6.78. The fourth-order valence-electron chi connectivity index (χ4n) is 7.86. The fraction of sp³-hybridized carbons (Fsp3) is 0. The molecule has 0 spiro atoms. The van der Waals surface area contributed by atoms with Gasteiger partial charge in [0.2, 0.25) is 0 Å². The fourth-order valence-corrected chi connectivity index (χ4v) is 7.86. The summed E-state index contributed by atoms with van der Waals surface area (Å²) in [5.74, 6) is 0.636. The van der Waals surface area contributed by atoms with E-state index in [0.717, 1.165) is 105 Å². The van der Waals surface area contributed by atoms with Gasteiger partial charge in [0, 0.05) is 55.4 Å². The smallest absolute Gasteiger partial charge is 0.160 e. The van der Waals surface area contributed by atoms with Gasteiger partial charge in [-0.3, -0.25) is 4.98 Å². The molecule has 54 heavy (non-hydrogen) atoms. The van der Waals surface area contributed by atoms with E-state index in [1.54, 1.807) is 0 Å². The van der Waals surface area contributed by atoms with Crippen LogP contribution < -0.4 is 0 Å². The zero-order valence-electron chi connectivity index (χ0n) is 28.9. The Balaban J connectivity index is 1.12. The van der Waals surface area contributed by atoms with Crippen LogP contribution in [-0.4, -0.2) is 15.0 Å². The van der Waals surface area contributed by atoms with Crippen LogP contribution in [-0.2, 0) is 0 Å². The van der Waals surface area contributed by atoms with Crippen molar-refractivity contribution in [2.24, 2.45) is 0 Å². The van der Waals surface area contributed by atoms with E-state index in [-0.39, 0.29) is 0 Å². The topological polar surface area (TPSA) is 65.0 Å². The van der Waals surface area contributed by atoms with Crippen molar-refractivity contribution in [1.82, 2.24) is 15.0 Å². The number of pyridine rings is 1. The van der Waals surface area contributed by atoms with Gasteiger partial charge in [-0.1, -0.05) is 133 Å². The largest absolute Gasteiger partial charge is 0.456 e. The molecule has 0 radical (unpaired) electrons. The molecule has 0 unspecified atom stereocenters. The molecule has 0 aliphatic carbocycles. The number of nitrogens with zero attached hydrogens (tertiary/aromatic N) is 3. The van der Waals surface area contributed by atoms with Gasteiger partial charge in [0.25, 0.3) is 0 Å². The number of furan rings is 2. The van der Waals surface area contributed by atoms with Gasteiger partial charge in [-0.25, -0.2) is 9.97 Å². The lowest BCUT2D eigenvalue weighted by atomic mass is 9.93. The van der Waals surface area contributed by atoms with Crippen LogP contribution in [0, 0.1) is 0 Å². The molecule has 0 fully saturated rings. The second-order valence-corrected chi connectivity index (χ2v) is 13.5. The van der Waals surface area contributed by atoms with E-state index in [4.69, 9.17) is 18.8 Å². The number of aromatic nitrogens is 3. The lowest BCUT2D eigenvalue weighted by Crippen LogP contribution is -1.96. The molecule has 4 heterocycles. The zero-order valence-corrected chi connectivity index (χ0v) is 28.9. The minimum atomic E-state index is 0.636. The minimum Gasteiger partial charge on any atom is -0.456 e. The normalized spacial score (nSPS) is 11.7. The van der Waals surface area contributed by atoms with Gasteiger partial charge in [-0.2, -0.15) is 0 Å². The highest BCUT2D eigenvalue weighted by atomic mass is 16.3. The number of hydrogen-bond acceptors (Lipinski definition) is 5. The summed E-state index contributed by atoms with van der Waals surface area (Å²) < 4.78 is 13.1. The number of para-hydroxylation sites is 3. The number of fused-ring (bicyclic) bond motifs is 7. The predicted molar refractivity (Wildman–Crippen MR) is 219 cm³/mol. The third kappa shape index (κ3) is 4.83. The zero-order chi connectivity index (χ0) is 35.6. The van der Waals surface area contributed by atoms with Crippen LogP contribution in [0.3, 0.4) is 0 Å². The predicted octanol–water partition coefficient (Wildman–Crippen LogP) is 13.2. The summed E-state index contributed by atoms with van der Waals surface area (Å²) in [7, 11) is 0. The first-order valence-corrected chi connectivity index (χ1v) is 18.0. The van der Waals surface area contributed by atoms with Crippen molar-refractivity contribution < 1.29 is 8.83 Å². The first kappa shape index (κ1) is 30.3. The van der Waals surface area contributed by atoms with Crippen LogP contribution in [0.4, 0.5) is 0 Å². The summed E-state index contributed by atoms with van der Waals surface area (Å²) in [5.41, 5.74) is 13.1. The Kier molecular flexibility index (Phi) is 6.79. The first-order chi connectivity index (χ1) is 26.8. The van der Waals surface area contributed by atoms with Crippen molar-refractivity contribution in [1.29, 1.82) is 0 Å². The average molecular weight is 692 g/mol. The van der Waals surface area contributed by atoms with Crippen LogP contribution in [0.15, 0.2) is 185 Å². The molecule has 11 rings (SSSR count). The highest BCUT2D eigenvalue weighted by molar-refractivity contribution is 6.21. The number of rotatable bonds is 5. The van der Waals surface area contributed by atoms with Crippen molar-refractivity contribution in [3.63, 3.8) is 0 Å². The molecule has 7 aromatic carbocycles. The van der Waals surface area contributed by atoms with Crippen molar-refractivity contribution in [2.75, 3.05) is 0 Å². The Morgan fingerprint density at radius 1 is 0.389 bits per heavy atom. The maximum Gasteiger partial charge on any atom is 0.160 e.